The Labute approximate surface area is 218 Å². The number of rotatable bonds is 3. The van der Waals surface area contributed by atoms with Gasteiger partial charge in [0.15, 0.2) is 0 Å². The van der Waals surface area contributed by atoms with Crippen LogP contribution in [0.5, 0.6) is 0 Å². The van der Waals surface area contributed by atoms with E-state index in [1.165, 1.54) is 6.42 Å². The molecule has 0 heterocycles. The van der Waals surface area contributed by atoms with Gasteiger partial charge in [-0.2, -0.15) is 0 Å². The van der Waals surface area contributed by atoms with E-state index in [4.69, 9.17) is 0 Å². The summed E-state index contributed by atoms with van der Waals surface area (Å²) in [5.74, 6) is 8.70. The molecule has 198 valence electrons. The molecule has 0 aliphatic heterocycles. The summed E-state index contributed by atoms with van der Waals surface area (Å²) in [6, 6.07) is 0. The van der Waals surface area contributed by atoms with E-state index < -0.39 is 0 Å². The lowest BCUT2D eigenvalue weighted by Crippen LogP contribution is -2.65. The minimum Gasteiger partial charge on any atom is -0.0594 e. The quantitative estimate of drug-likeness (QED) is 0.378. The summed E-state index contributed by atoms with van der Waals surface area (Å²) >= 11 is 0. The summed E-state index contributed by atoms with van der Waals surface area (Å²) in [7, 11) is 0. The molecule has 8 unspecified atom stereocenters. The van der Waals surface area contributed by atoms with E-state index in [2.05, 4.69) is 13.8 Å². The van der Waals surface area contributed by atoms with Gasteiger partial charge in [-0.15, -0.1) is 0 Å². The van der Waals surface area contributed by atoms with Gasteiger partial charge in [0.2, 0.25) is 0 Å². The molecule has 8 atom stereocenters. The molecule has 7 aliphatic rings. The van der Waals surface area contributed by atoms with Crippen molar-refractivity contribution in [2.75, 3.05) is 0 Å². The molecule has 0 bridgehead atoms. The first kappa shape index (κ1) is 24.1. The minimum atomic E-state index is 0.659. The first-order valence-electron chi connectivity index (χ1n) is 17.1. The van der Waals surface area contributed by atoms with E-state index in [0.29, 0.717) is 16.2 Å². The number of fused-ring (bicyclic) bond motifs is 5. The molecule has 7 aliphatic carbocycles. The molecule has 0 aromatic heterocycles. The van der Waals surface area contributed by atoms with E-state index in [0.717, 1.165) is 47.3 Å². The van der Waals surface area contributed by atoms with Crippen LogP contribution in [-0.4, -0.2) is 0 Å². The molecule has 0 amide bonds. The molecule has 7 rings (SSSR count). The normalized spacial score (nSPS) is 51.8. The predicted octanol–water partition coefficient (Wildman–Crippen LogP) is 10.6. The highest BCUT2D eigenvalue weighted by molar-refractivity contribution is 5.17. The average molecular weight is 479 g/mol. The van der Waals surface area contributed by atoms with Crippen molar-refractivity contribution in [2.45, 2.75) is 155 Å². The Bertz CT molecular complexity index is 750. The topological polar surface area (TPSA) is 0 Å². The van der Waals surface area contributed by atoms with E-state index in [9.17, 15) is 0 Å². The summed E-state index contributed by atoms with van der Waals surface area (Å²) in [5, 5.41) is 0. The van der Waals surface area contributed by atoms with E-state index in [-0.39, 0.29) is 0 Å². The molecule has 0 spiro atoms. The van der Waals surface area contributed by atoms with Crippen LogP contribution in [0.4, 0.5) is 0 Å². The highest BCUT2D eigenvalue weighted by atomic mass is 14.7. The van der Waals surface area contributed by atoms with Gasteiger partial charge < -0.3 is 0 Å². The van der Waals surface area contributed by atoms with Gasteiger partial charge in [-0.05, 0) is 128 Å². The molecular weight excluding hydrogens is 420 g/mol. The predicted molar refractivity (Wildman–Crippen MR) is 148 cm³/mol. The summed E-state index contributed by atoms with van der Waals surface area (Å²) in [4.78, 5) is 0. The maximum absolute atomic E-state index is 2.97. The molecule has 0 heteroatoms. The van der Waals surface area contributed by atoms with Crippen LogP contribution >= 0.6 is 0 Å². The highest BCUT2D eigenvalue weighted by Crippen LogP contribution is 2.76. The van der Waals surface area contributed by atoms with Crippen molar-refractivity contribution in [3.8, 4) is 0 Å². The summed E-state index contributed by atoms with van der Waals surface area (Å²) in [6.07, 6.45) is 34.9. The van der Waals surface area contributed by atoms with Crippen molar-refractivity contribution < 1.29 is 0 Å². The van der Waals surface area contributed by atoms with Crippen molar-refractivity contribution in [3.63, 3.8) is 0 Å². The Morgan fingerprint density at radius 2 is 1.14 bits per heavy atom. The molecule has 7 saturated carbocycles. The van der Waals surface area contributed by atoms with E-state index in [1.54, 1.807) is 135 Å². The third kappa shape index (κ3) is 3.55. The number of hydrogen-bond acceptors (Lipinski definition) is 0. The van der Waals surface area contributed by atoms with Crippen molar-refractivity contribution >= 4 is 0 Å². The van der Waals surface area contributed by atoms with Gasteiger partial charge in [-0.1, -0.05) is 90.9 Å². The van der Waals surface area contributed by atoms with Crippen molar-refractivity contribution in [2.24, 2.45) is 63.6 Å². The second-order valence-corrected chi connectivity index (χ2v) is 16.2. The third-order valence-electron chi connectivity index (χ3n) is 15.3. The largest absolute Gasteiger partial charge is 0.0594 e. The van der Waals surface area contributed by atoms with Gasteiger partial charge in [0.25, 0.3) is 0 Å². The molecule has 35 heavy (non-hydrogen) atoms. The summed E-state index contributed by atoms with van der Waals surface area (Å²) < 4.78 is 0. The molecule has 0 N–H and O–H groups in total. The average Bonchev–Trinajstić information content (AvgIpc) is 3.66. The summed E-state index contributed by atoms with van der Waals surface area (Å²) in [6.45, 7) is 5.73. The Morgan fingerprint density at radius 1 is 0.486 bits per heavy atom. The maximum atomic E-state index is 2.97. The van der Waals surface area contributed by atoms with Gasteiger partial charge in [-0.3, -0.25) is 0 Å². The first-order chi connectivity index (χ1) is 17.1. The van der Waals surface area contributed by atoms with Crippen molar-refractivity contribution in [1.29, 1.82) is 0 Å². The van der Waals surface area contributed by atoms with Gasteiger partial charge in [-0.25, -0.2) is 0 Å². The van der Waals surface area contributed by atoms with E-state index in [1.807, 2.05) is 0 Å². The standard InChI is InChI=1S/C35H58/c1-33-20-10-9-17-30(33)29-23-32(26-13-5-6-14-26)35(28-15-7-8-16-28)24-27(25-11-3-4-12-25)18-22-34(35,2)31(29)19-21-33/h25-32H,3-24H2,1-2H3. The fourth-order valence-corrected chi connectivity index (χ4v) is 13.8. The lowest BCUT2D eigenvalue weighted by Gasteiger charge is -2.72. The highest BCUT2D eigenvalue weighted by Gasteiger charge is 2.69. The fraction of sp³-hybridized carbons (Fsp3) is 1.00. The lowest BCUT2D eigenvalue weighted by atomic mass is 9.32. The Kier molecular flexibility index (Phi) is 6.22. The molecule has 0 radical (unpaired) electrons. The lowest BCUT2D eigenvalue weighted by molar-refractivity contribution is -0.238. The van der Waals surface area contributed by atoms with Gasteiger partial charge in [0.05, 0.1) is 0 Å². The second kappa shape index (κ2) is 9.04. The molecular formula is C35H58. The second-order valence-electron chi connectivity index (χ2n) is 16.2. The van der Waals surface area contributed by atoms with Crippen LogP contribution in [0.15, 0.2) is 0 Å². The minimum absolute atomic E-state index is 0.659. The third-order valence-corrected chi connectivity index (χ3v) is 15.3. The Hall–Kier alpha value is 0. The van der Waals surface area contributed by atoms with Crippen LogP contribution in [-0.2, 0) is 0 Å². The Morgan fingerprint density at radius 3 is 1.89 bits per heavy atom. The summed E-state index contributed by atoms with van der Waals surface area (Å²) in [5.41, 5.74) is 2.07. The van der Waals surface area contributed by atoms with Crippen LogP contribution in [0.2, 0.25) is 0 Å². The van der Waals surface area contributed by atoms with E-state index >= 15 is 0 Å². The van der Waals surface area contributed by atoms with Crippen LogP contribution < -0.4 is 0 Å². The van der Waals surface area contributed by atoms with Crippen LogP contribution in [0.25, 0.3) is 0 Å². The van der Waals surface area contributed by atoms with Crippen molar-refractivity contribution in [3.05, 3.63) is 0 Å². The Balaban J connectivity index is 1.33. The molecule has 0 saturated heterocycles. The van der Waals surface area contributed by atoms with Crippen LogP contribution in [0, 0.1) is 63.6 Å². The van der Waals surface area contributed by atoms with Crippen LogP contribution in [0.1, 0.15) is 155 Å². The zero-order chi connectivity index (χ0) is 23.7. The van der Waals surface area contributed by atoms with Gasteiger partial charge in [0.1, 0.15) is 0 Å². The zero-order valence-electron chi connectivity index (χ0n) is 23.7. The SMILES string of the molecule is CC12CCCCC1C1CC(C3CCCC3)C3(C4CCCC4)CC(C4CCCC4)CCC3(C)C1CC2. The first-order valence-corrected chi connectivity index (χ1v) is 17.1. The zero-order valence-corrected chi connectivity index (χ0v) is 23.7. The van der Waals surface area contributed by atoms with Gasteiger partial charge >= 0.3 is 0 Å². The fourth-order valence-electron chi connectivity index (χ4n) is 13.8. The monoisotopic (exact) mass is 478 g/mol. The smallest absolute Gasteiger partial charge is 0.0179 e. The van der Waals surface area contributed by atoms with Crippen LogP contribution in [0.3, 0.4) is 0 Å². The molecule has 0 nitrogen and oxygen atoms in total. The molecule has 7 fully saturated rings. The molecule has 0 aromatic rings. The maximum Gasteiger partial charge on any atom is -0.0179 e. The van der Waals surface area contributed by atoms with Gasteiger partial charge in [0, 0.05) is 0 Å². The van der Waals surface area contributed by atoms with Crippen molar-refractivity contribution in [1.82, 2.24) is 0 Å². The molecule has 0 aromatic carbocycles. The number of hydrogen-bond donors (Lipinski definition) is 0.